The van der Waals surface area contributed by atoms with Gasteiger partial charge in [0.15, 0.2) is 0 Å². The fourth-order valence-electron chi connectivity index (χ4n) is 3.26. The van der Waals surface area contributed by atoms with Crippen LogP contribution in [-0.4, -0.2) is 44.1 Å². The fraction of sp³-hybridized carbons (Fsp3) is 0.409. The van der Waals surface area contributed by atoms with E-state index in [0.717, 1.165) is 16.8 Å². The maximum absolute atomic E-state index is 13.1. The van der Waals surface area contributed by atoms with Crippen molar-refractivity contribution in [3.63, 3.8) is 0 Å². The molecule has 3 rings (SSSR count). The van der Waals surface area contributed by atoms with Crippen molar-refractivity contribution in [2.45, 2.75) is 26.1 Å². The molecule has 4 nitrogen and oxygen atoms in total. The molecule has 1 aliphatic rings. The number of nitrogens with zero attached hydrogens (tertiary/aromatic N) is 2. The summed E-state index contributed by atoms with van der Waals surface area (Å²) >= 11 is 0. The van der Waals surface area contributed by atoms with E-state index in [0.29, 0.717) is 19.0 Å². The molecular formula is C22H28N2O2. The summed E-state index contributed by atoms with van der Waals surface area (Å²) in [4.78, 5) is 17.1. The lowest BCUT2D eigenvalue weighted by Gasteiger charge is -2.40. The van der Waals surface area contributed by atoms with Gasteiger partial charge in [-0.2, -0.15) is 0 Å². The predicted molar refractivity (Wildman–Crippen MR) is 106 cm³/mol. The normalized spacial score (nSPS) is 20.3. The lowest BCUT2D eigenvalue weighted by Crippen LogP contribution is -2.48. The Balaban J connectivity index is 1.81. The highest BCUT2D eigenvalue weighted by Crippen LogP contribution is 2.29. The van der Waals surface area contributed by atoms with Gasteiger partial charge in [-0.3, -0.25) is 4.79 Å². The number of carbonyl (C=O) groups is 1. The van der Waals surface area contributed by atoms with Crippen molar-refractivity contribution in [2.75, 3.05) is 32.1 Å². The van der Waals surface area contributed by atoms with Crippen molar-refractivity contribution >= 4 is 11.6 Å². The molecule has 2 aromatic rings. The zero-order chi connectivity index (χ0) is 18.7. The molecule has 0 radical (unpaired) electrons. The van der Waals surface area contributed by atoms with Gasteiger partial charge in [-0.1, -0.05) is 44.2 Å². The first-order chi connectivity index (χ1) is 12.5. The molecular weight excluding hydrogens is 324 g/mol. The van der Waals surface area contributed by atoms with E-state index in [9.17, 15) is 4.79 Å². The van der Waals surface area contributed by atoms with E-state index < -0.39 is 0 Å². The molecule has 0 saturated carbocycles. The smallest absolute Gasteiger partial charge is 0.254 e. The van der Waals surface area contributed by atoms with E-state index in [1.54, 1.807) is 0 Å². The number of anilines is 1. The molecule has 0 aromatic heterocycles. The van der Waals surface area contributed by atoms with Gasteiger partial charge in [0.2, 0.25) is 0 Å². The van der Waals surface area contributed by atoms with Crippen LogP contribution in [0.15, 0.2) is 54.6 Å². The van der Waals surface area contributed by atoms with Crippen LogP contribution in [0, 0.1) is 5.92 Å². The molecule has 0 N–H and O–H groups in total. The van der Waals surface area contributed by atoms with Crippen molar-refractivity contribution < 1.29 is 9.53 Å². The standard InChI is InChI=1S/C22H28N2O2/c1-16(2)20-14-24(15-21(26-20)17-8-6-5-7-9-17)22(25)18-10-12-19(13-11-18)23(3)4/h5-13,16,20-21H,14-15H2,1-4H3/t20-,21+/m1/s1. The zero-order valence-electron chi connectivity index (χ0n) is 16.1. The molecule has 0 spiro atoms. The van der Waals surface area contributed by atoms with Crippen LogP contribution >= 0.6 is 0 Å². The highest BCUT2D eigenvalue weighted by Gasteiger charge is 2.33. The van der Waals surface area contributed by atoms with Crippen LogP contribution in [0.4, 0.5) is 5.69 Å². The van der Waals surface area contributed by atoms with E-state index in [1.165, 1.54) is 0 Å². The second-order valence-corrected chi connectivity index (χ2v) is 7.47. The Hall–Kier alpha value is -2.33. The summed E-state index contributed by atoms with van der Waals surface area (Å²) in [6.07, 6.45) is -0.0405. The maximum atomic E-state index is 13.1. The second-order valence-electron chi connectivity index (χ2n) is 7.47. The molecule has 1 aliphatic heterocycles. The average molecular weight is 352 g/mol. The van der Waals surface area contributed by atoms with Crippen molar-refractivity contribution in [1.29, 1.82) is 0 Å². The minimum Gasteiger partial charge on any atom is -0.378 e. The first-order valence-corrected chi connectivity index (χ1v) is 9.22. The number of carbonyl (C=O) groups excluding carboxylic acids is 1. The minimum atomic E-state index is -0.0812. The van der Waals surface area contributed by atoms with E-state index in [4.69, 9.17) is 4.74 Å². The summed E-state index contributed by atoms with van der Waals surface area (Å²) in [5, 5.41) is 0. The van der Waals surface area contributed by atoms with Crippen LogP contribution in [0.3, 0.4) is 0 Å². The SMILES string of the molecule is CC(C)[C@H]1CN(C(=O)c2ccc(N(C)C)cc2)C[C@@H](c2ccccc2)O1. The Morgan fingerprint density at radius 2 is 1.69 bits per heavy atom. The number of rotatable bonds is 4. The Morgan fingerprint density at radius 1 is 1.04 bits per heavy atom. The summed E-state index contributed by atoms with van der Waals surface area (Å²) in [5.74, 6) is 0.429. The lowest BCUT2D eigenvalue weighted by molar-refractivity contribution is -0.0954. The van der Waals surface area contributed by atoms with E-state index >= 15 is 0 Å². The number of ether oxygens (including phenoxy) is 1. The van der Waals surface area contributed by atoms with Gasteiger partial charge in [-0.15, -0.1) is 0 Å². The summed E-state index contributed by atoms with van der Waals surface area (Å²) < 4.78 is 6.30. The predicted octanol–water partition coefficient (Wildman–Crippen LogP) is 3.99. The third-order valence-corrected chi connectivity index (χ3v) is 4.96. The summed E-state index contributed by atoms with van der Waals surface area (Å²) in [6.45, 7) is 5.51. The van der Waals surface area contributed by atoms with Gasteiger partial charge in [0, 0.05) is 31.9 Å². The summed E-state index contributed by atoms with van der Waals surface area (Å²) in [7, 11) is 3.99. The quantitative estimate of drug-likeness (QED) is 0.834. The molecule has 1 amide bonds. The van der Waals surface area contributed by atoms with Gasteiger partial charge in [0.1, 0.15) is 6.10 Å². The number of benzene rings is 2. The van der Waals surface area contributed by atoms with Gasteiger partial charge < -0.3 is 14.5 Å². The molecule has 1 fully saturated rings. The Kier molecular flexibility index (Phi) is 5.62. The maximum Gasteiger partial charge on any atom is 0.254 e. The van der Waals surface area contributed by atoms with Crippen molar-refractivity contribution in [2.24, 2.45) is 5.92 Å². The first-order valence-electron chi connectivity index (χ1n) is 9.22. The van der Waals surface area contributed by atoms with Crippen LogP contribution < -0.4 is 4.90 Å². The molecule has 0 aliphatic carbocycles. The fourth-order valence-corrected chi connectivity index (χ4v) is 3.26. The number of morpholine rings is 1. The third-order valence-electron chi connectivity index (χ3n) is 4.96. The summed E-state index contributed by atoms with van der Waals surface area (Å²) in [6, 6.07) is 18.0. The lowest BCUT2D eigenvalue weighted by atomic mass is 10.0. The first kappa shape index (κ1) is 18.5. The van der Waals surface area contributed by atoms with Crippen molar-refractivity contribution in [1.82, 2.24) is 4.90 Å². The Bertz CT molecular complexity index is 726. The molecule has 1 heterocycles. The Labute approximate surface area is 156 Å². The summed E-state index contributed by atoms with van der Waals surface area (Å²) in [5.41, 5.74) is 2.94. The van der Waals surface area contributed by atoms with E-state index in [1.807, 2.05) is 66.4 Å². The molecule has 1 saturated heterocycles. The van der Waals surface area contributed by atoms with Crippen LogP contribution in [-0.2, 0) is 4.74 Å². The van der Waals surface area contributed by atoms with Gasteiger partial charge in [0.25, 0.3) is 5.91 Å². The van der Waals surface area contributed by atoms with Crippen molar-refractivity contribution in [3.05, 3.63) is 65.7 Å². The second kappa shape index (κ2) is 7.92. The van der Waals surface area contributed by atoms with Crippen molar-refractivity contribution in [3.8, 4) is 0 Å². The molecule has 2 atom stereocenters. The minimum absolute atomic E-state index is 0.0407. The van der Waals surface area contributed by atoms with E-state index in [2.05, 4.69) is 26.0 Å². The molecule has 0 unspecified atom stereocenters. The van der Waals surface area contributed by atoms with Gasteiger partial charge in [-0.05, 0) is 35.7 Å². The average Bonchev–Trinajstić information content (AvgIpc) is 2.67. The van der Waals surface area contributed by atoms with Crippen LogP contribution in [0.2, 0.25) is 0 Å². The molecule has 4 heteroatoms. The van der Waals surface area contributed by atoms with Gasteiger partial charge in [-0.25, -0.2) is 0 Å². The molecule has 2 aromatic carbocycles. The van der Waals surface area contributed by atoms with Crippen LogP contribution in [0.1, 0.15) is 35.9 Å². The topological polar surface area (TPSA) is 32.8 Å². The van der Waals surface area contributed by atoms with Crippen LogP contribution in [0.25, 0.3) is 0 Å². The number of hydrogen-bond acceptors (Lipinski definition) is 3. The van der Waals surface area contributed by atoms with Gasteiger partial charge in [0.05, 0.1) is 12.6 Å². The van der Waals surface area contributed by atoms with Gasteiger partial charge >= 0.3 is 0 Å². The van der Waals surface area contributed by atoms with Crippen LogP contribution in [0.5, 0.6) is 0 Å². The van der Waals surface area contributed by atoms with E-state index in [-0.39, 0.29) is 18.1 Å². The largest absolute Gasteiger partial charge is 0.378 e. The highest BCUT2D eigenvalue weighted by atomic mass is 16.5. The number of hydrogen-bond donors (Lipinski definition) is 0. The monoisotopic (exact) mass is 352 g/mol. The zero-order valence-corrected chi connectivity index (χ0v) is 16.1. The third kappa shape index (κ3) is 4.07. The molecule has 0 bridgehead atoms. The molecule has 138 valence electrons. The number of amides is 1. The Morgan fingerprint density at radius 3 is 2.27 bits per heavy atom. The molecule has 26 heavy (non-hydrogen) atoms. The highest BCUT2D eigenvalue weighted by molar-refractivity contribution is 5.94.